The Morgan fingerprint density at radius 2 is 2.10 bits per heavy atom. The van der Waals surface area contributed by atoms with Crippen molar-refractivity contribution in [1.82, 2.24) is 10.3 Å². The summed E-state index contributed by atoms with van der Waals surface area (Å²) in [5.74, 6) is 1.59. The molecule has 0 bridgehead atoms. The van der Waals surface area contributed by atoms with Crippen molar-refractivity contribution in [2.24, 2.45) is 0 Å². The summed E-state index contributed by atoms with van der Waals surface area (Å²) in [6, 6.07) is 6.94. The van der Waals surface area contributed by atoms with Gasteiger partial charge < -0.3 is 19.5 Å². The summed E-state index contributed by atoms with van der Waals surface area (Å²) in [4.78, 5) is 16.3. The molecule has 0 atom stereocenters. The molecular formula is C15H14N2O4. The summed E-state index contributed by atoms with van der Waals surface area (Å²) in [6.45, 7) is 0.173. The molecule has 0 unspecified atom stereocenters. The Morgan fingerprint density at radius 3 is 2.81 bits per heavy atom. The fourth-order valence-electron chi connectivity index (χ4n) is 2.22. The summed E-state index contributed by atoms with van der Waals surface area (Å²) in [6.07, 6.45) is 1.63. The molecule has 6 heteroatoms. The molecule has 0 fully saturated rings. The molecule has 1 aliphatic rings. The maximum absolute atomic E-state index is 12.0. The molecule has 0 saturated heterocycles. The van der Waals surface area contributed by atoms with Gasteiger partial charge in [0.25, 0.3) is 5.91 Å². The molecule has 6 nitrogen and oxygen atoms in total. The van der Waals surface area contributed by atoms with Crippen molar-refractivity contribution in [3.05, 3.63) is 36.0 Å². The number of nitrogens with zero attached hydrogens (tertiary/aromatic N) is 1. The van der Waals surface area contributed by atoms with Gasteiger partial charge in [-0.2, -0.15) is 0 Å². The van der Waals surface area contributed by atoms with E-state index < -0.39 is 0 Å². The van der Waals surface area contributed by atoms with Crippen LogP contribution in [-0.4, -0.2) is 31.8 Å². The smallest absolute Gasteiger partial charge is 0.253 e. The Balaban J connectivity index is 2.19. The molecule has 1 aromatic carbocycles. The van der Waals surface area contributed by atoms with Crippen LogP contribution in [0.5, 0.6) is 17.2 Å². The first kappa shape index (κ1) is 13.2. The second kappa shape index (κ2) is 5.32. The minimum atomic E-state index is -0.210. The third-order valence-corrected chi connectivity index (χ3v) is 3.23. The molecule has 2 heterocycles. The topological polar surface area (TPSA) is 69.7 Å². The number of nitrogens with one attached hydrogen (secondary N) is 1. The molecule has 0 aliphatic carbocycles. The highest BCUT2D eigenvalue weighted by Crippen LogP contribution is 2.42. The number of hydrogen-bond acceptors (Lipinski definition) is 5. The van der Waals surface area contributed by atoms with E-state index in [1.54, 1.807) is 44.6 Å². The van der Waals surface area contributed by atoms with Crippen LogP contribution in [0.3, 0.4) is 0 Å². The van der Waals surface area contributed by atoms with Gasteiger partial charge in [0.05, 0.1) is 18.4 Å². The lowest BCUT2D eigenvalue weighted by Gasteiger charge is -2.12. The average molecular weight is 286 g/mol. The number of hydrogen-bond donors (Lipinski definition) is 1. The third kappa shape index (κ3) is 2.24. The van der Waals surface area contributed by atoms with Crippen LogP contribution in [0.4, 0.5) is 0 Å². The predicted octanol–water partition coefficient (Wildman–Crippen LogP) is 1.85. The van der Waals surface area contributed by atoms with Crippen molar-refractivity contribution in [1.29, 1.82) is 0 Å². The largest absolute Gasteiger partial charge is 0.496 e. The van der Waals surface area contributed by atoms with Crippen LogP contribution in [0.2, 0.25) is 0 Å². The van der Waals surface area contributed by atoms with Gasteiger partial charge in [0.1, 0.15) is 5.75 Å². The van der Waals surface area contributed by atoms with Gasteiger partial charge in [-0.15, -0.1) is 0 Å². The molecule has 0 spiro atoms. The van der Waals surface area contributed by atoms with Crippen LogP contribution >= 0.6 is 0 Å². The molecule has 21 heavy (non-hydrogen) atoms. The maximum Gasteiger partial charge on any atom is 0.253 e. The fourth-order valence-corrected chi connectivity index (χ4v) is 2.22. The average Bonchev–Trinajstić information content (AvgIpc) is 3.00. The van der Waals surface area contributed by atoms with Crippen LogP contribution in [0, 0.1) is 0 Å². The minimum absolute atomic E-state index is 0.173. The summed E-state index contributed by atoms with van der Waals surface area (Å²) in [5, 5.41) is 2.61. The monoisotopic (exact) mass is 286 g/mol. The van der Waals surface area contributed by atoms with Crippen LogP contribution in [-0.2, 0) is 0 Å². The van der Waals surface area contributed by atoms with Crippen molar-refractivity contribution in [2.45, 2.75) is 0 Å². The summed E-state index contributed by atoms with van der Waals surface area (Å²) in [5.41, 5.74) is 1.69. The lowest BCUT2D eigenvalue weighted by Crippen LogP contribution is -2.19. The standard InChI is InChI=1S/C15H14N2O4/c1-16-15(18)9-4-3-5-17-14(9)10-6-12-13(21-8-20-12)7-11(10)19-2/h3-7H,8H2,1-2H3,(H,16,18). The van der Waals surface area contributed by atoms with Crippen LogP contribution in [0.25, 0.3) is 11.3 Å². The number of benzene rings is 1. The molecular weight excluding hydrogens is 272 g/mol. The van der Waals surface area contributed by atoms with E-state index >= 15 is 0 Å². The molecule has 1 aliphatic heterocycles. The number of pyridine rings is 1. The molecule has 2 aromatic rings. The number of amides is 1. The highest BCUT2D eigenvalue weighted by molar-refractivity contribution is 6.00. The highest BCUT2D eigenvalue weighted by Gasteiger charge is 2.22. The Hall–Kier alpha value is -2.76. The summed E-state index contributed by atoms with van der Waals surface area (Å²) in [7, 11) is 3.14. The third-order valence-electron chi connectivity index (χ3n) is 3.23. The number of ether oxygens (including phenoxy) is 3. The van der Waals surface area contributed by atoms with Crippen molar-refractivity contribution in [2.75, 3.05) is 21.0 Å². The Kier molecular flexibility index (Phi) is 3.35. The van der Waals surface area contributed by atoms with E-state index in [0.717, 1.165) is 0 Å². The van der Waals surface area contributed by atoms with Crippen molar-refractivity contribution >= 4 is 5.91 Å². The molecule has 1 N–H and O–H groups in total. The molecule has 0 saturated carbocycles. The first-order valence-electron chi connectivity index (χ1n) is 6.39. The van der Waals surface area contributed by atoms with Crippen LogP contribution in [0.15, 0.2) is 30.5 Å². The van der Waals surface area contributed by atoms with E-state index in [4.69, 9.17) is 14.2 Å². The van der Waals surface area contributed by atoms with E-state index in [9.17, 15) is 4.79 Å². The van der Waals surface area contributed by atoms with Gasteiger partial charge in [-0.3, -0.25) is 9.78 Å². The number of aromatic nitrogens is 1. The van der Waals surface area contributed by atoms with E-state index in [0.29, 0.717) is 34.1 Å². The van der Waals surface area contributed by atoms with Crippen molar-refractivity contribution in [3.8, 4) is 28.5 Å². The zero-order valence-electron chi connectivity index (χ0n) is 11.7. The van der Waals surface area contributed by atoms with Crippen molar-refractivity contribution in [3.63, 3.8) is 0 Å². The number of rotatable bonds is 3. The first-order chi connectivity index (χ1) is 10.2. The molecule has 1 aromatic heterocycles. The zero-order valence-corrected chi connectivity index (χ0v) is 11.7. The molecule has 108 valence electrons. The zero-order chi connectivity index (χ0) is 14.8. The molecule has 0 radical (unpaired) electrons. The van der Waals surface area contributed by atoms with E-state index in [-0.39, 0.29) is 12.7 Å². The van der Waals surface area contributed by atoms with Gasteiger partial charge in [-0.05, 0) is 18.2 Å². The van der Waals surface area contributed by atoms with Crippen LogP contribution < -0.4 is 19.5 Å². The first-order valence-corrected chi connectivity index (χ1v) is 6.39. The summed E-state index contributed by atoms with van der Waals surface area (Å²) < 4.78 is 16.1. The van der Waals surface area contributed by atoms with Gasteiger partial charge in [-0.1, -0.05) is 0 Å². The number of methoxy groups -OCH3 is 1. The van der Waals surface area contributed by atoms with E-state index in [1.807, 2.05) is 0 Å². The predicted molar refractivity (Wildman–Crippen MR) is 75.7 cm³/mol. The lowest BCUT2D eigenvalue weighted by atomic mass is 10.0. The van der Waals surface area contributed by atoms with Crippen LogP contribution in [0.1, 0.15) is 10.4 Å². The van der Waals surface area contributed by atoms with Gasteiger partial charge in [0, 0.05) is 24.9 Å². The number of fused-ring (bicyclic) bond motifs is 1. The second-order valence-corrected chi connectivity index (χ2v) is 4.38. The molecule has 1 amide bonds. The van der Waals surface area contributed by atoms with Gasteiger partial charge in [0.2, 0.25) is 6.79 Å². The maximum atomic E-state index is 12.0. The van der Waals surface area contributed by atoms with Gasteiger partial charge in [0.15, 0.2) is 11.5 Å². The Morgan fingerprint density at radius 1 is 1.33 bits per heavy atom. The van der Waals surface area contributed by atoms with E-state index in [2.05, 4.69) is 10.3 Å². The lowest BCUT2D eigenvalue weighted by molar-refractivity contribution is 0.0963. The van der Waals surface area contributed by atoms with Gasteiger partial charge >= 0.3 is 0 Å². The summed E-state index contributed by atoms with van der Waals surface area (Å²) >= 11 is 0. The van der Waals surface area contributed by atoms with Crippen molar-refractivity contribution < 1.29 is 19.0 Å². The second-order valence-electron chi connectivity index (χ2n) is 4.38. The van der Waals surface area contributed by atoms with E-state index in [1.165, 1.54) is 0 Å². The number of carbonyl (C=O) groups is 1. The Bertz CT molecular complexity index is 700. The highest BCUT2D eigenvalue weighted by atomic mass is 16.7. The fraction of sp³-hybridized carbons (Fsp3) is 0.200. The molecule has 3 rings (SSSR count). The minimum Gasteiger partial charge on any atom is -0.496 e. The van der Waals surface area contributed by atoms with Gasteiger partial charge in [-0.25, -0.2) is 0 Å². The SMILES string of the molecule is CNC(=O)c1cccnc1-c1cc2c(cc1OC)OCO2. The quantitative estimate of drug-likeness (QED) is 0.932. The normalized spacial score (nSPS) is 12.1. The number of carbonyl (C=O) groups excluding carboxylic acids is 1. The Labute approximate surface area is 121 Å².